The Morgan fingerprint density at radius 3 is 2.93 bits per heavy atom. The van der Waals surface area contributed by atoms with Gasteiger partial charge in [0, 0.05) is 31.9 Å². The van der Waals surface area contributed by atoms with Crippen molar-refractivity contribution in [2.45, 2.75) is 31.1 Å². The van der Waals surface area contributed by atoms with Gasteiger partial charge in [-0.05, 0) is 12.5 Å². The van der Waals surface area contributed by atoms with Gasteiger partial charge in [-0.15, -0.1) is 5.10 Å². The van der Waals surface area contributed by atoms with E-state index in [9.17, 15) is 9.59 Å². The lowest BCUT2D eigenvalue weighted by molar-refractivity contribution is -0.134. The molecule has 1 saturated heterocycles. The van der Waals surface area contributed by atoms with Crippen molar-refractivity contribution in [1.29, 1.82) is 0 Å². The summed E-state index contributed by atoms with van der Waals surface area (Å²) in [6.45, 7) is 4.35. The largest absolute Gasteiger partial charge is 0.355 e. The maximum atomic E-state index is 12.3. The molecule has 0 radical (unpaired) electrons. The predicted molar refractivity (Wildman–Crippen MR) is 103 cm³/mol. The number of nitrogens with zero attached hydrogens (tertiary/aromatic N) is 3. The summed E-state index contributed by atoms with van der Waals surface area (Å²) in [5, 5.41) is 13.2. The summed E-state index contributed by atoms with van der Waals surface area (Å²) in [4.78, 5) is 30.9. The number of piperazine rings is 1. The molecule has 144 valence electrons. The van der Waals surface area contributed by atoms with Crippen LogP contribution in [0, 0.1) is 6.92 Å². The zero-order valence-corrected chi connectivity index (χ0v) is 16.1. The first-order valence-electron chi connectivity index (χ1n) is 8.96. The highest BCUT2D eigenvalue weighted by atomic mass is 32.2. The molecule has 0 spiro atoms. The number of H-pyrrole nitrogens is 1. The average Bonchev–Trinajstić information content (AvgIpc) is 3.08. The van der Waals surface area contributed by atoms with Crippen LogP contribution < -0.4 is 10.6 Å². The van der Waals surface area contributed by atoms with Gasteiger partial charge in [-0.2, -0.15) is 0 Å². The third-order valence-electron chi connectivity index (χ3n) is 4.28. The van der Waals surface area contributed by atoms with Crippen molar-refractivity contribution >= 4 is 23.6 Å². The van der Waals surface area contributed by atoms with Crippen LogP contribution in [0.3, 0.4) is 0 Å². The molecule has 1 aliphatic rings. The second-order valence-electron chi connectivity index (χ2n) is 6.37. The molecule has 1 aliphatic heterocycles. The number of amides is 2. The van der Waals surface area contributed by atoms with Crippen molar-refractivity contribution in [3.05, 3.63) is 41.7 Å². The molecule has 1 aromatic carbocycles. The summed E-state index contributed by atoms with van der Waals surface area (Å²) in [5.74, 6) is 1.23. The molecule has 0 bridgehead atoms. The van der Waals surface area contributed by atoms with E-state index in [1.807, 2.05) is 37.3 Å². The first-order valence-corrected chi connectivity index (χ1v) is 9.94. The van der Waals surface area contributed by atoms with Crippen LogP contribution in [0.2, 0.25) is 0 Å². The Kier molecular flexibility index (Phi) is 6.83. The van der Waals surface area contributed by atoms with Crippen LogP contribution in [0.4, 0.5) is 0 Å². The summed E-state index contributed by atoms with van der Waals surface area (Å²) in [6.07, 6.45) is 0.156. The standard InChI is InChI=1S/C18H24N6O2S/c1-13-21-18(23-22-13)27-10-8-19-16(25)11-15-17(26)20-7-9-24(15)12-14-5-3-2-4-6-14/h2-6,15H,7-12H2,1H3,(H,19,25)(H,20,26)(H,21,22,23). The lowest BCUT2D eigenvalue weighted by Gasteiger charge is -2.34. The third kappa shape index (κ3) is 5.80. The highest BCUT2D eigenvalue weighted by Gasteiger charge is 2.31. The normalized spacial score (nSPS) is 17.5. The van der Waals surface area contributed by atoms with Crippen LogP contribution in [0.1, 0.15) is 17.8 Å². The minimum Gasteiger partial charge on any atom is -0.355 e. The molecule has 3 rings (SSSR count). The maximum absolute atomic E-state index is 12.3. The number of carbonyl (C=O) groups excluding carboxylic acids is 2. The molecule has 9 heteroatoms. The van der Waals surface area contributed by atoms with Gasteiger partial charge in [-0.3, -0.25) is 19.6 Å². The number of benzene rings is 1. The molecule has 2 amide bonds. The second kappa shape index (κ2) is 9.52. The fourth-order valence-corrected chi connectivity index (χ4v) is 3.66. The summed E-state index contributed by atoms with van der Waals surface area (Å²) in [7, 11) is 0. The summed E-state index contributed by atoms with van der Waals surface area (Å²) in [6, 6.07) is 9.55. The molecule has 8 nitrogen and oxygen atoms in total. The van der Waals surface area contributed by atoms with E-state index < -0.39 is 6.04 Å². The molecule has 3 N–H and O–H groups in total. The van der Waals surface area contributed by atoms with E-state index in [0.29, 0.717) is 30.5 Å². The number of nitrogens with one attached hydrogen (secondary N) is 3. The van der Waals surface area contributed by atoms with Gasteiger partial charge >= 0.3 is 0 Å². The number of aromatic nitrogens is 3. The zero-order valence-electron chi connectivity index (χ0n) is 15.3. The summed E-state index contributed by atoms with van der Waals surface area (Å²) >= 11 is 1.47. The predicted octanol–water partition coefficient (Wildman–Crippen LogP) is 0.712. The Hall–Kier alpha value is -2.39. The van der Waals surface area contributed by atoms with Crippen LogP contribution in [-0.2, 0) is 16.1 Å². The Labute approximate surface area is 162 Å². The quantitative estimate of drug-likeness (QED) is 0.455. The molecule has 2 aromatic rings. The lowest BCUT2D eigenvalue weighted by atomic mass is 10.1. The number of rotatable bonds is 8. The maximum Gasteiger partial charge on any atom is 0.237 e. The molecule has 0 saturated carbocycles. The Bertz CT molecular complexity index is 766. The average molecular weight is 388 g/mol. The highest BCUT2D eigenvalue weighted by molar-refractivity contribution is 7.99. The van der Waals surface area contributed by atoms with Crippen molar-refractivity contribution in [2.24, 2.45) is 0 Å². The Balaban J connectivity index is 1.47. The van der Waals surface area contributed by atoms with Gasteiger partial charge in [0.2, 0.25) is 17.0 Å². The van der Waals surface area contributed by atoms with Gasteiger partial charge in [0.15, 0.2) is 0 Å². The van der Waals surface area contributed by atoms with Crippen molar-refractivity contribution < 1.29 is 9.59 Å². The number of hydrogen-bond donors (Lipinski definition) is 3. The van der Waals surface area contributed by atoms with Crippen molar-refractivity contribution in [3.63, 3.8) is 0 Å². The van der Waals surface area contributed by atoms with E-state index in [-0.39, 0.29) is 18.2 Å². The van der Waals surface area contributed by atoms with Gasteiger partial charge in [-0.1, -0.05) is 42.1 Å². The number of aromatic amines is 1. The Morgan fingerprint density at radius 2 is 2.19 bits per heavy atom. The van der Waals surface area contributed by atoms with E-state index in [4.69, 9.17) is 0 Å². The first-order chi connectivity index (χ1) is 13.1. The van der Waals surface area contributed by atoms with Crippen molar-refractivity contribution in [3.8, 4) is 0 Å². The third-order valence-corrected chi connectivity index (χ3v) is 5.13. The molecular weight excluding hydrogens is 364 g/mol. The SMILES string of the molecule is Cc1nc(SCCNC(=O)CC2C(=O)NCCN2Cc2ccccc2)n[nH]1. The number of hydrogen-bond acceptors (Lipinski definition) is 6. The van der Waals surface area contributed by atoms with Crippen molar-refractivity contribution in [2.75, 3.05) is 25.4 Å². The van der Waals surface area contributed by atoms with Crippen LogP contribution >= 0.6 is 11.8 Å². The van der Waals surface area contributed by atoms with Gasteiger partial charge < -0.3 is 10.6 Å². The Morgan fingerprint density at radius 1 is 1.37 bits per heavy atom. The first kappa shape index (κ1) is 19.4. The van der Waals surface area contributed by atoms with Gasteiger partial charge in [-0.25, -0.2) is 4.98 Å². The fourth-order valence-electron chi connectivity index (χ4n) is 2.96. The van der Waals surface area contributed by atoms with Crippen LogP contribution in [-0.4, -0.2) is 63.3 Å². The van der Waals surface area contributed by atoms with Crippen LogP contribution in [0.25, 0.3) is 0 Å². The fraction of sp³-hybridized carbons (Fsp3) is 0.444. The molecule has 2 heterocycles. The van der Waals surface area contributed by atoms with Crippen LogP contribution in [0.15, 0.2) is 35.5 Å². The number of thioether (sulfide) groups is 1. The van der Waals surface area contributed by atoms with Gasteiger partial charge in [0.25, 0.3) is 0 Å². The molecule has 0 aliphatic carbocycles. The van der Waals surface area contributed by atoms with E-state index in [1.165, 1.54) is 11.8 Å². The van der Waals surface area contributed by atoms with E-state index in [1.54, 1.807) is 0 Å². The molecule has 1 unspecified atom stereocenters. The van der Waals surface area contributed by atoms with Gasteiger partial charge in [0.05, 0.1) is 12.5 Å². The molecular formula is C18H24N6O2S. The van der Waals surface area contributed by atoms with E-state index in [2.05, 4.69) is 30.7 Å². The molecule has 1 atom stereocenters. The van der Waals surface area contributed by atoms with E-state index in [0.717, 1.165) is 17.9 Å². The zero-order chi connectivity index (χ0) is 19.1. The lowest BCUT2D eigenvalue weighted by Crippen LogP contribution is -2.56. The summed E-state index contributed by atoms with van der Waals surface area (Å²) < 4.78 is 0. The minimum atomic E-state index is -0.442. The van der Waals surface area contributed by atoms with E-state index >= 15 is 0 Å². The number of aryl methyl sites for hydroxylation is 1. The summed E-state index contributed by atoms with van der Waals surface area (Å²) in [5.41, 5.74) is 1.14. The monoisotopic (exact) mass is 388 g/mol. The number of carbonyl (C=O) groups is 2. The molecule has 1 fully saturated rings. The highest BCUT2D eigenvalue weighted by Crippen LogP contribution is 2.14. The molecule has 27 heavy (non-hydrogen) atoms. The topological polar surface area (TPSA) is 103 Å². The van der Waals surface area contributed by atoms with Gasteiger partial charge in [0.1, 0.15) is 5.82 Å². The second-order valence-corrected chi connectivity index (χ2v) is 7.43. The minimum absolute atomic E-state index is 0.0853. The van der Waals surface area contributed by atoms with Crippen molar-refractivity contribution in [1.82, 2.24) is 30.7 Å². The smallest absolute Gasteiger partial charge is 0.237 e. The van der Waals surface area contributed by atoms with Crippen LogP contribution in [0.5, 0.6) is 0 Å². The molecule has 1 aromatic heterocycles.